The molecule has 2 amide bonds. The maximum absolute atomic E-state index is 13.2. The Labute approximate surface area is 195 Å². The van der Waals surface area contributed by atoms with Gasteiger partial charge in [-0.15, -0.1) is 0 Å². The monoisotopic (exact) mass is 480 g/mol. The molecule has 0 aliphatic carbocycles. The van der Waals surface area contributed by atoms with Gasteiger partial charge in [-0.1, -0.05) is 12.1 Å². The second-order valence-electron chi connectivity index (χ2n) is 7.89. The predicted molar refractivity (Wildman–Crippen MR) is 118 cm³/mol. The van der Waals surface area contributed by atoms with Gasteiger partial charge in [-0.25, -0.2) is 0 Å². The minimum atomic E-state index is -4.46. The van der Waals surface area contributed by atoms with Crippen LogP contribution in [0.3, 0.4) is 0 Å². The minimum Gasteiger partial charge on any atom is -0.493 e. The first-order valence-corrected chi connectivity index (χ1v) is 10.7. The third-order valence-corrected chi connectivity index (χ3v) is 5.64. The molecule has 7 nitrogen and oxygen atoms in total. The van der Waals surface area contributed by atoms with Gasteiger partial charge >= 0.3 is 6.18 Å². The number of hydrogen-bond acceptors (Lipinski definition) is 5. The lowest BCUT2D eigenvalue weighted by Crippen LogP contribution is -2.47. The van der Waals surface area contributed by atoms with Crippen LogP contribution in [0, 0.1) is 0 Å². The zero-order valence-electron chi connectivity index (χ0n) is 19.2. The number of nitrogens with zero attached hydrogens (tertiary/aromatic N) is 1. The first kappa shape index (κ1) is 25.2. The van der Waals surface area contributed by atoms with E-state index in [0.29, 0.717) is 48.6 Å². The maximum atomic E-state index is 13.2. The molecule has 0 saturated carbocycles. The van der Waals surface area contributed by atoms with Gasteiger partial charge in [-0.2, -0.15) is 13.2 Å². The van der Waals surface area contributed by atoms with E-state index in [1.165, 1.54) is 44.4 Å². The maximum Gasteiger partial charge on any atom is 0.416 e. The average Bonchev–Trinajstić information content (AvgIpc) is 2.99. The molecule has 0 aromatic heterocycles. The van der Waals surface area contributed by atoms with E-state index in [1.807, 2.05) is 0 Å². The van der Waals surface area contributed by atoms with Crippen LogP contribution in [0.2, 0.25) is 0 Å². The van der Waals surface area contributed by atoms with Crippen molar-refractivity contribution in [2.45, 2.75) is 38.0 Å². The Bertz CT molecular complexity index is 1020. The number of methoxy groups -OCH3 is 3. The van der Waals surface area contributed by atoms with Crippen molar-refractivity contribution in [3.05, 3.63) is 53.1 Å². The molecule has 3 rings (SSSR count). The van der Waals surface area contributed by atoms with Crippen LogP contribution in [0.5, 0.6) is 17.2 Å². The summed E-state index contributed by atoms with van der Waals surface area (Å²) in [6.07, 6.45) is -2.67. The topological polar surface area (TPSA) is 77.1 Å². The first-order valence-electron chi connectivity index (χ1n) is 10.7. The lowest BCUT2D eigenvalue weighted by Gasteiger charge is -2.25. The van der Waals surface area contributed by atoms with Gasteiger partial charge < -0.3 is 24.4 Å². The van der Waals surface area contributed by atoms with Crippen LogP contribution in [-0.2, 0) is 17.5 Å². The van der Waals surface area contributed by atoms with E-state index in [9.17, 15) is 22.8 Å². The number of nitrogens with one attached hydrogen (secondary N) is 1. The highest BCUT2D eigenvalue weighted by molar-refractivity contribution is 5.98. The largest absolute Gasteiger partial charge is 0.493 e. The first-order chi connectivity index (χ1) is 16.2. The summed E-state index contributed by atoms with van der Waals surface area (Å²) in [7, 11) is 4.31. The molecular formula is C24H27F3N2O5. The van der Waals surface area contributed by atoms with Crippen LogP contribution < -0.4 is 19.5 Å². The number of hydrogen-bond donors (Lipinski definition) is 1. The zero-order valence-corrected chi connectivity index (χ0v) is 19.2. The number of carbonyl (C=O) groups is 2. The standard InChI is InChI=1S/C24H27F3N2O5/c1-32-19-12-16(13-20(33-2)21(19)34-3)22(30)28-18-9-4-5-10-29(23(18)31)14-15-7-6-8-17(11-15)24(25,26)27/h6-8,11-13,18H,4-5,9-10,14H2,1-3H3,(H,28,30). The summed E-state index contributed by atoms with van der Waals surface area (Å²) in [5, 5.41) is 2.75. The quantitative estimate of drug-likeness (QED) is 0.647. The van der Waals surface area contributed by atoms with Gasteiger partial charge in [0, 0.05) is 18.7 Å². The fourth-order valence-electron chi connectivity index (χ4n) is 3.92. The molecule has 1 aliphatic rings. The van der Waals surface area contributed by atoms with Crippen LogP contribution in [-0.4, -0.2) is 50.6 Å². The van der Waals surface area contributed by atoms with E-state index in [2.05, 4.69) is 5.32 Å². The van der Waals surface area contributed by atoms with Gasteiger partial charge in [-0.3, -0.25) is 9.59 Å². The van der Waals surface area contributed by atoms with Crippen molar-refractivity contribution >= 4 is 11.8 Å². The predicted octanol–water partition coefficient (Wildman–Crippen LogP) is 4.04. The summed E-state index contributed by atoms with van der Waals surface area (Å²) in [5.41, 5.74) is -0.171. The van der Waals surface area contributed by atoms with E-state index < -0.39 is 23.7 Å². The fourth-order valence-corrected chi connectivity index (χ4v) is 3.92. The molecular weight excluding hydrogens is 453 g/mol. The molecule has 184 valence electrons. The molecule has 2 aromatic carbocycles. The highest BCUT2D eigenvalue weighted by Gasteiger charge is 2.32. The summed E-state index contributed by atoms with van der Waals surface area (Å²) < 4.78 is 55.0. The van der Waals surface area contributed by atoms with E-state index >= 15 is 0 Å². The van der Waals surface area contributed by atoms with Crippen molar-refractivity contribution < 1.29 is 37.0 Å². The second-order valence-corrected chi connectivity index (χ2v) is 7.89. The number of halogens is 3. The smallest absolute Gasteiger partial charge is 0.416 e. The minimum absolute atomic E-state index is 0.0271. The normalized spacial score (nSPS) is 16.6. The molecule has 0 bridgehead atoms. The third kappa shape index (κ3) is 5.73. The molecule has 0 radical (unpaired) electrons. The van der Waals surface area contributed by atoms with Crippen LogP contribution in [0.25, 0.3) is 0 Å². The summed E-state index contributed by atoms with van der Waals surface area (Å²) >= 11 is 0. The number of alkyl halides is 3. The number of benzene rings is 2. The molecule has 1 atom stereocenters. The molecule has 1 heterocycles. The number of ether oxygens (including phenoxy) is 3. The summed E-state index contributed by atoms with van der Waals surface area (Å²) in [5.74, 6) is 0.0873. The Morgan fingerprint density at radius 3 is 2.32 bits per heavy atom. The van der Waals surface area contributed by atoms with Crippen molar-refractivity contribution in [2.24, 2.45) is 0 Å². The Balaban J connectivity index is 1.78. The molecule has 1 saturated heterocycles. The lowest BCUT2D eigenvalue weighted by molar-refractivity contribution is -0.137. The van der Waals surface area contributed by atoms with Crippen molar-refractivity contribution in [3.8, 4) is 17.2 Å². The molecule has 10 heteroatoms. The number of carbonyl (C=O) groups excluding carboxylic acids is 2. The number of amides is 2. The molecule has 2 aromatic rings. The van der Waals surface area contributed by atoms with E-state index in [-0.39, 0.29) is 18.0 Å². The number of rotatable bonds is 7. The van der Waals surface area contributed by atoms with Crippen molar-refractivity contribution in [1.29, 1.82) is 0 Å². The lowest BCUT2D eigenvalue weighted by atomic mass is 10.1. The zero-order chi connectivity index (χ0) is 24.9. The molecule has 1 N–H and O–H groups in total. The van der Waals surface area contributed by atoms with Gasteiger partial charge in [0.15, 0.2) is 11.5 Å². The van der Waals surface area contributed by atoms with Crippen LogP contribution in [0.1, 0.15) is 40.7 Å². The Morgan fingerprint density at radius 2 is 1.74 bits per heavy atom. The SMILES string of the molecule is COc1cc(C(=O)NC2CCCCN(Cc3cccc(C(F)(F)F)c3)C2=O)cc(OC)c1OC. The highest BCUT2D eigenvalue weighted by Crippen LogP contribution is 2.38. The molecule has 1 aliphatic heterocycles. The third-order valence-electron chi connectivity index (χ3n) is 5.64. The summed E-state index contributed by atoms with van der Waals surface area (Å²) in [4.78, 5) is 27.6. The van der Waals surface area contributed by atoms with Crippen LogP contribution in [0.15, 0.2) is 36.4 Å². The molecule has 0 spiro atoms. The Morgan fingerprint density at radius 1 is 1.06 bits per heavy atom. The summed E-state index contributed by atoms with van der Waals surface area (Å²) in [6, 6.07) is 7.08. The number of likely N-dealkylation sites (tertiary alicyclic amines) is 1. The highest BCUT2D eigenvalue weighted by atomic mass is 19.4. The van der Waals surface area contributed by atoms with Crippen molar-refractivity contribution in [2.75, 3.05) is 27.9 Å². The van der Waals surface area contributed by atoms with Crippen molar-refractivity contribution in [3.63, 3.8) is 0 Å². The molecule has 1 fully saturated rings. The van der Waals surface area contributed by atoms with Crippen LogP contribution >= 0.6 is 0 Å². The Kier molecular flexibility index (Phi) is 7.90. The van der Waals surface area contributed by atoms with Gasteiger partial charge in [0.1, 0.15) is 6.04 Å². The molecule has 1 unspecified atom stereocenters. The van der Waals surface area contributed by atoms with Gasteiger partial charge in [0.05, 0.1) is 26.9 Å². The van der Waals surface area contributed by atoms with Crippen molar-refractivity contribution in [1.82, 2.24) is 10.2 Å². The van der Waals surface area contributed by atoms with Gasteiger partial charge in [0.2, 0.25) is 11.7 Å². The van der Waals surface area contributed by atoms with Gasteiger partial charge in [0.25, 0.3) is 5.91 Å². The molecule has 34 heavy (non-hydrogen) atoms. The van der Waals surface area contributed by atoms with E-state index in [1.54, 1.807) is 6.07 Å². The average molecular weight is 480 g/mol. The fraction of sp³-hybridized carbons (Fsp3) is 0.417. The van der Waals surface area contributed by atoms with E-state index in [4.69, 9.17) is 14.2 Å². The van der Waals surface area contributed by atoms with E-state index in [0.717, 1.165) is 12.1 Å². The summed E-state index contributed by atoms with van der Waals surface area (Å²) in [6.45, 7) is 0.422. The second kappa shape index (κ2) is 10.7. The van der Waals surface area contributed by atoms with Gasteiger partial charge in [-0.05, 0) is 49.1 Å². The van der Waals surface area contributed by atoms with Crippen LogP contribution in [0.4, 0.5) is 13.2 Å². The Hall–Kier alpha value is -3.43.